The van der Waals surface area contributed by atoms with Crippen molar-refractivity contribution in [2.24, 2.45) is 0 Å². The van der Waals surface area contributed by atoms with Crippen LogP contribution in [0.1, 0.15) is 15.9 Å². The Morgan fingerprint density at radius 1 is 1.11 bits per heavy atom. The van der Waals surface area contributed by atoms with E-state index in [1.165, 1.54) is 18.3 Å². The van der Waals surface area contributed by atoms with Gasteiger partial charge in [-0.1, -0.05) is 53.8 Å². The smallest absolute Gasteiger partial charge is 0.315 e. The SMILES string of the molecule is O=C(Cc1ccccc1)Oc1ccccc1C(=O)Nc1ncc(S(=O)O)s1. The quantitative estimate of drug-likeness (QED) is 0.373. The molecule has 138 valence electrons. The topological polar surface area (TPSA) is 106 Å². The van der Waals surface area contributed by atoms with Gasteiger partial charge in [0.25, 0.3) is 5.91 Å². The summed E-state index contributed by atoms with van der Waals surface area (Å²) in [5, 5.41) is 2.70. The minimum absolute atomic E-state index is 0.0783. The van der Waals surface area contributed by atoms with E-state index in [-0.39, 0.29) is 27.1 Å². The molecule has 1 unspecified atom stereocenters. The fraction of sp³-hybridized carbons (Fsp3) is 0.0556. The molecule has 1 atom stereocenters. The van der Waals surface area contributed by atoms with Crippen molar-refractivity contribution in [3.8, 4) is 5.75 Å². The number of amides is 1. The molecule has 1 aromatic heterocycles. The maximum atomic E-state index is 12.5. The molecule has 3 aromatic rings. The van der Waals surface area contributed by atoms with Crippen molar-refractivity contribution in [1.82, 2.24) is 4.98 Å². The standard InChI is InChI=1S/C18H14N2O5S2/c21-15(10-12-6-2-1-3-7-12)25-14-9-5-4-8-13(14)17(22)20-18-19-11-16(26-18)27(23)24/h1-9,11H,10H2,(H,23,24)(H,19,20,22). The molecule has 27 heavy (non-hydrogen) atoms. The van der Waals surface area contributed by atoms with Crippen LogP contribution < -0.4 is 10.1 Å². The summed E-state index contributed by atoms with van der Waals surface area (Å²) < 4.78 is 25.5. The van der Waals surface area contributed by atoms with Gasteiger partial charge in [0.1, 0.15) is 9.96 Å². The molecule has 9 heteroatoms. The highest BCUT2D eigenvalue weighted by Crippen LogP contribution is 2.24. The molecule has 0 spiro atoms. The van der Waals surface area contributed by atoms with Crippen molar-refractivity contribution in [1.29, 1.82) is 0 Å². The number of benzene rings is 2. The van der Waals surface area contributed by atoms with Crippen LogP contribution in [0.3, 0.4) is 0 Å². The molecule has 7 nitrogen and oxygen atoms in total. The van der Waals surface area contributed by atoms with Gasteiger partial charge in [-0.05, 0) is 17.7 Å². The first-order valence-electron chi connectivity index (χ1n) is 7.74. The summed E-state index contributed by atoms with van der Waals surface area (Å²) >= 11 is -1.28. The number of thiazole rings is 1. The molecule has 1 heterocycles. The molecule has 0 bridgehead atoms. The van der Waals surface area contributed by atoms with E-state index < -0.39 is 23.0 Å². The number of hydrogen-bond acceptors (Lipinski definition) is 6. The second kappa shape index (κ2) is 8.67. The van der Waals surface area contributed by atoms with Crippen LogP contribution in [-0.2, 0) is 22.3 Å². The number of esters is 1. The number of ether oxygens (including phenoxy) is 1. The van der Waals surface area contributed by atoms with E-state index in [9.17, 15) is 13.8 Å². The van der Waals surface area contributed by atoms with E-state index in [1.54, 1.807) is 12.1 Å². The maximum absolute atomic E-state index is 12.5. The fourth-order valence-corrected chi connectivity index (χ4v) is 3.44. The first-order chi connectivity index (χ1) is 13.0. The molecular weight excluding hydrogens is 388 g/mol. The molecular formula is C18H14N2O5S2. The van der Waals surface area contributed by atoms with E-state index in [0.29, 0.717) is 0 Å². The lowest BCUT2D eigenvalue weighted by molar-refractivity contribution is -0.133. The summed E-state index contributed by atoms with van der Waals surface area (Å²) in [6, 6.07) is 15.4. The number of anilines is 1. The summed E-state index contributed by atoms with van der Waals surface area (Å²) in [5.74, 6) is -0.908. The molecule has 0 aliphatic rings. The molecule has 1 amide bonds. The number of nitrogens with zero attached hydrogens (tertiary/aromatic N) is 1. The van der Waals surface area contributed by atoms with Crippen LogP contribution in [0.2, 0.25) is 0 Å². The summed E-state index contributed by atoms with van der Waals surface area (Å²) in [4.78, 5) is 28.5. The van der Waals surface area contributed by atoms with Gasteiger partial charge >= 0.3 is 5.97 Å². The third kappa shape index (κ3) is 5.07. The van der Waals surface area contributed by atoms with Gasteiger partial charge < -0.3 is 9.29 Å². The molecule has 0 aliphatic heterocycles. The van der Waals surface area contributed by atoms with Gasteiger partial charge in [-0.2, -0.15) is 0 Å². The Bertz CT molecular complexity index is 988. The summed E-state index contributed by atoms with van der Waals surface area (Å²) in [6.07, 6.45) is 1.29. The van der Waals surface area contributed by atoms with Crippen LogP contribution in [0, 0.1) is 0 Å². The van der Waals surface area contributed by atoms with E-state index in [0.717, 1.165) is 16.9 Å². The third-order valence-corrected chi connectivity index (χ3v) is 5.26. The Morgan fingerprint density at radius 2 is 1.81 bits per heavy atom. The van der Waals surface area contributed by atoms with Gasteiger partial charge in [0.15, 0.2) is 16.2 Å². The van der Waals surface area contributed by atoms with Crippen LogP contribution in [0.5, 0.6) is 5.75 Å². The largest absolute Gasteiger partial charge is 0.425 e. The Morgan fingerprint density at radius 3 is 2.52 bits per heavy atom. The minimum Gasteiger partial charge on any atom is -0.425 e. The molecule has 3 rings (SSSR count). The lowest BCUT2D eigenvalue weighted by Gasteiger charge is -2.09. The zero-order valence-electron chi connectivity index (χ0n) is 13.8. The highest BCUT2D eigenvalue weighted by molar-refractivity contribution is 7.81. The summed E-state index contributed by atoms with van der Waals surface area (Å²) in [6.45, 7) is 0. The predicted octanol–water partition coefficient (Wildman–Crippen LogP) is 3.12. The van der Waals surface area contributed by atoms with Crippen LogP contribution in [-0.4, -0.2) is 25.6 Å². The monoisotopic (exact) mass is 402 g/mol. The first-order valence-corrected chi connectivity index (χ1v) is 9.67. The number of rotatable bonds is 6. The Kier molecular flexibility index (Phi) is 6.07. The van der Waals surface area contributed by atoms with Crippen molar-refractivity contribution in [2.45, 2.75) is 10.6 Å². The molecule has 0 radical (unpaired) electrons. The number of carbonyl (C=O) groups is 2. The lowest BCUT2D eigenvalue weighted by Crippen LogP contribution is -2.17. The van der Waals surface area contributed by atoms with Crippen LogP contribution in [0.4, 0.5) is 5.13 Å². The van der Waals surface area contributed by atoms with Gasteiger partial charge in [0, 0.05) is 0 Å². The molecule has 0 fully saturated rings. The van der Waals surface area contributed by atoms with Crippen molar-refractivity contribution in [3.63, 3.8) is 0 Å². The Balaban J connectivity index is 1.71. The van der Waals surface area contributed by atoms with E-state index in [1.807, 2.05) is 30.3 Å². The molecule has 0 saturated carbocycles. The highest BCUT2D eigenvalue weighted by Gasteiger charge is 2.17. The normalized spacial score (nSPS) is 11.6. The average molecular weight is 402 g/mol. The van der Waals surface area contributed by atoms with Crippen LogP contribution in [0.25, 0.3) is 0 Å². The zero-order valence-corrected chi connectivity index (χ0v) is 15.5. The van der Waals surface area contributed by atoms with Gasteiger partial charge in [-0.25, -0.2) is 9.19 Å². The first kappa shape index (κ1) is 18.9. The predicted molar refractivity (Wildman–Crippen MR) is 101 cm³/mol. The third-order valence-electron chi connectivity index (χ3n) is 3.42. The van der Waals surface area contributed by atoms with E-state index >= 15 is 0 Å². The highest BCUT2D eigenvalue weighted by atomic mass is 32.2. The van der Waals surface area contributed by atoms with Crippen molar-refractivity contribution in [3.05, 3.63) is 71.9 Å². The van der Waals surface area contributed by atoms with Crippen molar-refractivity contribution in [2.75, 3.05) is 5.32 Å². The second-order valence-corrected chi connectivity index (χ2v) is 7.55. The zero-order chi connectivity index (χ0) is 19.2. The second-order valence-electron chi connectivity index (χ2n) is 5.32. The van der Waals surface area contributed by atoms with Gasteiger partial charge in [0.05, 0.1) is 18.2 Å². The molecule has 2 aromatic carbocycles. The van der Waals surface area contributed by atoms with Gasteiger partial charge in [0.2, 0.25) is 0 Å². The summed E-state index contributed by atoms with van der Waals surface area (Å²) in [5.41, 5.74) is 0.956. The van der Waals surface area contributed by atoms with E-state index in [2.05, 4.69) is 10.3 Å². The average Bonchev–Trinajstić information content (AvgIpc) is 3.11. The Hall–Kier alpha value is -2.88. The summed E-state index contributed by atoms with van der Waals surface area (Å²) in [7, 11) is 0. The lowest BCUT2D eigenvalue weighted by atomic mass is 10.1. The number of para-hydroxylation sites is 1. The van der Waals surface area contributed by atoms with Crippen molar-refractivity contribution >= 4 is 39.4 Å². The van der Waals surface area contributed by atoms with Gasteiger partial charge in [-0.3, -0.25) is 14.9 Å². The number of hydrogen-bond donors (Lipinski definition) is 2. The van der Waals surface area contributed by atoms with E-state index in [4.69, 9.17) is 9.29 Å². The molecule has 2 N–H and O–H groups in total. The maximum Gasteiger partial charge on any atom is 0.315 e. The number of nitrogens with one attached hydrogen (secondary N) is 1. The van der Waals surface area contributed by atoms with Gasteiger partial charge in [-0.15, -0.1) is 0 Å². The van der Waals surface area contributed by atoms with Crippen LogP contribution in [0.15, 0.2) is 65.0 Å². The number of carbonyl (C=O) groups excluding carboxylic acids is 2. The molecule has 0 aliphatic carbocycles. The fourth-order valence-electron chi connectivity index (χ4n) is 2.23. The minimum atomic E-state index is -2.16. The molecule has 0 saturated heterocycles. The van der Waals surface area contributed by atoms with Crippen LogP contribution >= 0.6 is 11.3 Å². The van der Waals surface area contributed by atoms with Crippen molar-refractivity contribution < 1.29 is 23.1 Å². The Labute approximate surface area is 161 Å². The number of aromatic nitrogens is 1.